The van der Waals surface area contributed by atoms with Gasteiger partial charge in [0.05, 0.1) is 17.7 Å². The third kappa shape index (κ3) is 7.38. The number of hydrogen-bond donors (Lipinski definition) is 2. The highest BCUT2D eigenvalue weighted by molar-refractivity contribution is 6.33. The van der Waals surface area contributed by atoms with Gasteiger partial charge in [-0.2, -0.15) is 0 Å². The number of benzene rings is 3. The zero-order chi connectivity index (χ0) is 39.1. The van der Waals surface area contributed by atoms with Gasteiger partial charge >= 0.3 is 0 Å². The fraction of sp³-hybridized carbons (Fsp3) is 0.442. The number of hydrogen-bond acceptors (Lipinski definition) is 8. The summed E-state index contributed by atoms with van der Waals surface area (Å²) in [6.07, 6.45) is 6.08. The minimum Gasteiger partial charge on any atom is -0.372 e. The van der Waals surface area contributed by atoms with Gasteiger partial charge in [-0.25, -0.2) is 4.85 Å². The van der Waals surface area contributed by atoms with Crippen LogP contribution in [-0.2, 0) is 22.7 Å². The third-order valence-corrected chi connectivity index (χ3v) is 12.7. The molecule has 1 atom stereocenters. The SMILES string of the molecule is [C-]#[N+]c1ccc(N(CC)C2CCC(NC(=O)c3ccc(N4CCC(CN5Cc6cc7c(cc6C5)C(=O)N(C5CCC(=O)NC5=O)C7=O)CC4)cc3)CC2)cc1Cl. The van der Waals surface area contributed by atoms with E-state index in [-0.39, 0.29) is 30.7 Å². The van der Waals surface area contributed by atoms with E-state index in [1.807, 2.05) is 36.4 Å². The molecule has 5 amide bonds. The first-order valence-electron chi connectivity index (χ1n) is 19.8. The van der Waals surface area contributed by atoms with E-state index in [9.17, 15) is 24.0 Å². The van der Waals surface area contributed by atoms with Gasteiger partial charge in [0.25, 0.3) is 17.7 Å². The zero-order valence-electron chi connectivity index (χ0n) is 31.6. The average Bonchev–Trinajstić information content (AvgIpc) is 3.70. The second-order valence-electron chi connectivity index (χ2n) is 15.8. The molecule has 0 radical (unpaired) electrons. The van der Waals surface area contributed by atoms with Gasteiger partial charge < -0.3 is 15.1 Å². The van der Waals surface area contributed by atoms with E-state index in [0.717, 1.165) is 92.1 Å². The summed E-state index contributed by atoms with van der Waals surface area (Å²) in [5.74, 6) is -1.43. The van der Waals surface area contributed by atoms with Crippen molar-refractivity contribution in [1.29, 1.82) is 0 Å². The van der Waals surface area contributed by atoms with Crippen molar-refractivity contribution in [2.75, 3.05) is 36.0 Å². The molecule has 12 nitrogen and oxygen atoms in total. The van der Waals surface area contributed by atoms with E-state index < -0.39 is 23.8 Å². The van der Waals surface area contributed by atoms with E-state index in [0.29, 0.717) is 52.4 Å². The summed E-state index contributed by atoms with van der Waals surface area (Å²) in [5.41, 5.74) is 6.05. The van der Waals surface area contributed by atoms with Crippen LogP contribution in [0.25, 0.3) is 4.85 Å². The zero-order valence-corrected chi connectivity index (χ0v) is 32.3. The van der Waals surface area contributed by atoms with E-state index in [4.69, 9.17) is 18.2 Å². The number of carbonyl (C=O) groups is 5. The molecule has 3 aromatic carbocycles. The van der Waals surface area contributed by atoms with Crippen LogP contribution in [0.4, 0.5) is 17.1 Å². The largest absolute Gasteiger partial charge is 0.372 e. The van der Waals surface area contributed by atoms with Crippen LogP contribution in [-0.4, -0.2) is 83.6 Å². The van der Waals surface area contributed by atoms with Crippen LogP contribution in [0.1, 0.15) is 100 Å². The maximum Gasteiger partial charge on any atom is 0.262 e. The Morgan fingerprint density at radius 2 is 1.55 bits per heavy atom. The maximum atomic E-state index is 13.3. The van der Waals surface area contributed by atoms with Crippen molar-refractivity contribution in [1.82, 2.24) is 20.4 Å². The Labute approximate surface area is 331 Å². The first-order chi connectivity index (χ1) is 27.1. The Morgan fingerprint density at radius 1 is 0.893 bits per heavy atom. The van der Waals surface area contributed by atoms with Crippen molar-refractivity contribution in [3.05, 3.63) is 98.9 Å². The van der Waals surface area contributed by atoms with Gasteiger partial charge in [0, 0.05) is 79.7 Å². The van der Waals surface area contributed by atoms with Crippen LogP contribution in [0.15, 0.2) is 54.6 Å². The molecule has 3 aromatic rings. The molecule has 0 bridgehead atoms. The topological polar surface area (TPSA) is 127 Å². The number of nitrogens with zero attached hydrogens (tertiary/aromatic N) is 5. The van der Waals surface area contributed by atoms with Crippen molar-refractivity contribution in [3.63, 3.8) is 0 Å². The quantitative estimate of drug-likeness (QED) is 0.198. The first kappa shape index (κ1) is 37.7. The van der Waals surface area contributed by atoms with Crippen LogP contribution in [0.2, 0.25) is 5.02 Å². The molecular formula is C43H46ClN7O5. The molecule has 1 aliphatic carbocycles. The number of imide groups is 2. The molecule has 2 saturated heterocycles. The van der Waals surface area contributed by atoms with Crippen LogP contribution in [0, 0.1) is 12.5 Å². The standard InChI is InChI=1S/C43H46ClN7O5/c1-3-50(33-12-13-37(45-2)36(44)22-33)32-10-6-30(7-11-32)46-40(53)27-4-8-31(9-5-27)49-18-16-26(17-19-49)23-48-24-28-20-34-35(21-29(28)25-48)43(56)51(42(34)55)38-14-15-39(52)47-41(38)54/h4-5,8-9,12-13,20-22,26,30,32,38H,3,6-7,10-11,14-19,23-25H2,1H3,(H,46,53)(H,47,52,54). The molecule has 4 aliphatic heterocycles. The molecular weight excluding hydrogens is 730 g/mol. The van der Waals surface area contributed by atoms with E-state index >= 15 is 0 Å². The summed E-state index contributed by atoms with van der Waals surface area (Å²) >= 11 is 6.33. The van der Waals surface area contributed by atoms with Crippen molar-refractivity contribution in [3.8, 4) is 0 Å². The number of fused-ring (bicyclic) bond motifs is 2. The molecule has 8 rings (SSSR count). The molecule has 2 N–H and O–H groups in total. The molecule has 1 saturated carbocycles. The van der Waals surface area contributed by atoms with Crippen molar-refractivity contribution >= 4 is 58.2 Å². The number of carbonyl (C=O) groups excluding carboxylic acids is 5. The number of anilines is 2. The molecule has 0 spiro atoms. The minimum atomic E-state index is -0.960. The van der Waals surface area contributed by atoms with Gasteiger partial charge in [-0.1, -0.05) is 17.7 Å². The fourth-order valence-electron chi connectivity index (χ4n) is 9.35. The van der Waals surface area contributed by atoms with E-state index in [1.54, 1.807) is 6.07 Å². The summed E-state index contributed by atoms with van der Waals surface area (Å²) in [5, 5.41) is 6.00. The number of amides is 5. The lowest BCUT2D eigenvalue weighted by Crippen LogP contribution is -2.54. The van der Waals surface area contributed by atoms with Crippen LogP contribution in [0.3, 0.4) is 0 Å². The minimum absolute atomic E-state index is 0.0372. The molecule has 3 fully saturated rings. The Kier molecular flexibility index (Phi) is 10.6. The maximum absolute atomic E-state index is 13.3. The highest BCUT2D eigenvalue weighted by Crippen LogP contribution is 2.36. The summed E-state index contributed by atoms with van der Waals surface area (Å²) in [6.45, 7) is 14.5. The lowest BCUT2D eigenvalue weighted by molar-refractivity contribution is -0.136. The predicted molar refractivity (Wildman–Crippen MR) is 213 cm³/mol. The normalized spacial score (nSPS) is 22.8. The molecule has 4 heterocycles. The van der Waals surface area contributed by atoms with Gasteiger partial charge in [0.2, 0.25) is 17.5 Å². The average molecular weight is 776 g/mol. The molecule has 5 aliphatic rings. The Hall–Kier alpha value is -5.25. The number of halogens is 1. The third-order valence-electron chi connectivity index (χ3n) is 12.4. The lowest BCUT2D eigenvalue weighted by atomic mass is 9.89. The fourth-order valence-corrected chi connectivity index (χ4v) is 9.56. The summed E-state index contributed by atoms with van der Waals surface area (Å²) in [6, 6.07) is 16.8. The molecule has 1 unspecified atom stereocenters. The Morgan fingerprint density at radius 3 is 2.14 bits per heavy atom. The van der Waals surface area contributed by atoms with Gasteiger partial charge in [-0.3, -0.25) is 39.1 Å². The second-order valence-corrected chi connectivity index (χ2v) is 16.2. The van der Waals surface area contributed by atoms with Crippen molar-refractivity contribution in [2.45, 2.75) is 89.5 Å². The summed E-state index contributed by atoms with van der Waals surface area (Å²) < 4.78 is 0. The van der Waals surface area contributed by atoms with E-state index in [2.05, 4.69) is 49.2 Å². The Balaban J connectivity index is 0.787. The van der Waals surface area contributed by atoms with E-state index in [1.165, 1.54) is 0 Å². The van der Waals surface area contributed by atoms with Crippen molar-refractivity contribution in [2.24, 2.45) is 5.92 Å². The number of rotatable bonds is 9. The van der Waals surface area contributed by atoms with Gasteiger partial charge in [0.1, 0.15) is 6.04 Å². The van der Waals surface area contributed by atoms with Crippen molar-refractivity contribution < 1.29 is 24.0 Å². The van der Waals surface area contributed by atoms with Gasteiger partial charge in [0.15, 0.2) is 0 Å². The summed E-state index contributed by atoms with van der Waals surface area (Å²) in [4.78, 5) is 75.5. The smallest absolute Gasteiger partial charge is 0.262 e. The molecule has 290 valence electrons. The van der Waals surface area contributed by atoms with Gasteiger partial charge in [-0.15, -0.1) is 0 Å². The van der Waals surface area contributed by atoms with Crippen LogP contribution >= 0.6 is 11.6 Å². The van der Waals surface area contributed by atoms with Crippen LogP contribution < -0.4 is 20.4 Å². The summed E-state index contributed by atoms with van der Waals surface area (Å²) in [7, 11) is 0. The first-order valence-corrected chi connectivity index (χ1v) is 20.2. The lowest BCUT2D eigenvalue weighted by Gasteiger charge is -2.38. The Bertz CT molecular complexity index is 2070. The highest BCUT2D eigenvalue weighted by atomic mass is 35.5. The highest BCUT2D eigenvalue weighted by Gasteiger charge is 2.45. The van der Waals surface area contributed by atoms with Crippen LogP contribution in [0.5, 0.6) is 0 Å². The number of nitrogens with one attached hydrogen (secondary N) is 2. The van der Waals surface area contributed by atoms with Gasteiger partial charge in [-0.05, 0) is 117 Å². The second kappa shape index (κ2) is 15.7. The molecule has 56 heavy (non-hydrogen) atoms. The number of piperidine rings is 2. The molecule has 13 heteroatoms. The predicted octanol–water partition coefficient (Wildman–Crippen LogP) is 6.09. The molecule has 0 aromatic heterocycles. The monoisotopic (exact) mass is 775 g/mol.